The van der Waals surface area contributed by atoms with E-state index in [1.807, 2.05) is 61.6 Å². The van der Waals surface area contributed by atoms with Crippen molar-refractivity contribution in [3.63, 3.8) is 0 Å². The molecule has 0 saturated carbocycles. The number of amides is 2. The third-order valence-electron chi connectivity index (χ3n) is 5.25. The molecule has 28 heavy (non-hydrogen) atoms. The predicted octanol–water partition coefficient (Wildman–Crippen LogP) is 3.57. The highest BCUT2D eigenvalue weighted by Gasteiger charge is 2.24. The van der Waals surface area contributed by atoms with Crippen LogP contribution in [0.2, 0.25) is 0 Å². The number of carbonyl (C=O) groups excluding carboxylic acids is 2. The lowest BCUT2D eigenvalue weighted by atomic mass is 10.0. The molecule has 5 heteroatoms. The molecule has 0 atom stereocenters. The van der Waals surface area contributed by atoms with Crippen LogP contribution in [0.4, 0.5) is 5.69 Å². The number of anilines is 1. The Morgan fingerprint density at radius 3 is 2.36 bits per heavy atom. The van der Waals surface area contributed by atoms with E-state index in [2.05, 4.69) is 17.1 Å². The van der Waals surface area contributed by atoms with E-state index in [1.54, 1.807) is 4.90 Å². The molecule has 0 spiro atoms. The summed E-state index contributed by atoms with van der Waals surface area (Å²) in [7, 11) is 1.86. The Kier molecular flexibility index (Phi) is 6.69. The first-order valence-corrected chi connectivity index (χ1v) is 10.1. The minimum atomic E-state index is -0.0178. The number of hydrogen-bond acceptors (Lipinski definition) is 3. The van der Waals surface area contributed by atoms with E-state index in [-0.39, 0.29) is 17.9 Å². The number of piperidine rings is 1. The molecule has 1 aliphatic heterocycles. The van der Waals surface area contributed by atoms with Gasteiger partial charge in [0, 0.05) is 44.0 Å². The van der Waals surface area contributed by atoms with Gasteiger partial charge in [0.2, 0.25) is 0 Å². The molecule has 3 rings (SSSR count). The van der Waals surface area contributed by atoms with Crippen LogP contribution >= 0.6 is 0 Å². The molecule has 1 heterocycles. The summed E-state index contributed by atoms with van der Waals surface area (Å²) in [6.45, 7) is 4.47. The number of hydrogen-bond donors (Lipinski definition) is 1. The number of nitrogens with zero attached hydrogens (tertiary/aromatic N) is 2. The lowest BCUT2D eigenvalue weighted by Crippen LogP contribution is -2.45. The van der Waals surface area contributed by atoms with Crippen molar-refractivity contribution in [1.82, 2.24) is 10.2 Å². The minimum absolute atomic E-state index is 0.0178. The number of nitrogens with one attached hydrogen (secondary N) is 1. The van der Waals surface area contributed by atoms with E-state index in [4.69, 9.17) is 0 Å². The van der Waals surface area contributed by atoms with E-state index in [0.29, 0.717) is 5.56 Å². The van der Waals surface area contributed by atoms with Gasteiger partial charge in [-0.05, 0) is 43.5 Å². The standard InChI is InChI=1S/C23H29N3O2/c1-3-15-25(2)23(28)20-11-7-8-12-21(20)26-16-13-19(14-17-26)24-22(27)18-9-5-4-6-10-18/h4-12,19H,3,13-17H2,1-2H3,(H,24,27). The minimum Gasteiger partial charge on any atom is -0.371 e. The molecule has 2 aromatic carbocycles. The van der Waals surface area contributed by atoms with Crippen molar-refractivity contribution < 1.29 is 9.59 Å². The SMILES string of the molecule is CCCN(C)C(=O)c1ccccc1N1CCC(NC(=O)c2ccccc2)CC1. The first-order valence-electron chi connectivity index (χ1n) is 10.1. The van der Waals surface area contributed by atoms with Crippen LogP contribution in [0.3, 0.4) is 0 Å². The quantitative estimate of drug-likeness (QED) is 0.835. The Morgan fingerprint density at radius 1 is 1.04 bits per heavy atom. The van der Waals surface area contributed by atoms with E-state index in [9.17, 15) is 9.59 Å². The summed E-state index contributed by atoms with van der Waals surface area (Å²) in [4.78, 5) is 29.2. The first-order chi connectivity index (χ1) is 13.6. The van der Waals surface area contributed by atoms with Crippen LogP contribution in [-0.2, 0) is 0 Å². The van der Waals surface area contributed by atoms with Crippen LogP contribution in [-0.4, -0.2) is 49.4 Å². The number of rotatable bonds is 6. The molecule has 0 bridgehead atoms. The smallest absolute Gasteiger partial charge is 0.255 e. The fraction of sp³-hybridized carbons (Fsp3) is 0.391. The Bertz CT molecular complexity index is 799. The molecule has 1 fully saturated rings. The molecule has 0 aliphatic carbocycles. The molecule has 5 nitrogen and oxygen atoms in total. The van der Waals surface area contributed by atoms with Crippen molar-refractivity contribution in [2.75, 3.05) is 31.6 Å². The normalized spacial score (nSPS) is 14.6. The highest BCUT2D eigenvalue weighted by atomic mass is 16.2. The van der Waals surface area contributed by atoms with Crippen LogP contribution in [0.1, 0.15) is 46.9 Å². The van der Waals surface area contributed by atoms with Crippen LogP contribution in [0.25, 0.3) is 0 Å². The van der Waals surface area contributed by atoms with Gasteiger partial charge in [0.05, 0.1) is 5.56 Å². The Hall–Kier alpha value is -2.82. The largest absolute Gasteiger partial charge is 0.371 e. The lowest BCUT2D eigenvalue weighted by Gasteiger charge is -2.35. The maximum absolute atomic E-state index is 12.8. The molecule has 1 N–H and O–H groups in total. The molecule has 0 aromatic heterocycles. The summed E-state index contributed by atoms with van der Waals surface area (Å²) in [6.07, 6.45) is 2.68. The Labute approximate surface area is 167 Å². The van der Waals surface area contributed by atoms with E-state index in [1.165, 1.54) is 0 Å². The van der Waals surface area contributed by atoms with Gasteiger partial charge >= 0.3 is 0 Å². The van der Waals surface area contributed by atoms with Crippen LogP contribution in [0, 0.1) is 0 Å². The van der Waals surface area contributed by atoms with Gasteiger partial charge in [-0.2, -0.15) is 0 Å². The van der Waals surface area contributed by atoms with E-state index in [0.717, 1.165) is 50.1 Å². The summed E-state index contributed by atoms with van der Waals surface area (Å²) in [5, 5.41) is 3.14. The second-order valence-corrected chi connectivity index (χ2v) is 7.34. The molecule has 148 valence electrons. The average molecular weight is 380 g/mol. The zero-order valence-electron chi connectivity index (χ0n) is 16.7. The second-order valence-electron chi connectivity index (χ2n) is 7.34. The Morgan fingerprint density at radius 2 is 1.68 bits per heavy atom. The number of benzene rings is 2. The van der Waals surface area contributed by atoms with Gasteiger partial charge in [-0.1, -0.05) is 37.3 Å². The monoisotopic (exact) mass is 379 g/mol. The third-order valence-corrected chi connectivity index (χ3v) is 5.25. The van der Waals surface area contributed by atoms with Gasteiger partial charge in [0.1, 0.15) is 0 Å². The molecule has 2 amide bonds. The highest BCUT2D eigenvalue weighted by molar-refractivity contribution is 5.99. The van der Waals surface area contributed by atoms with Crippen LogP contribution < -0.4 is 10.2 Å². The molecule has 1 saturated heterocycles. The molecule has 1 aliphatic rings. The molecule has 0 radical (unpaired) electrons. The van der Waals surface area contributed by atoms with Crippen molar-refractivity contribution in [3.05, 3.63) is 65.7 Å². The second kappa shape index (κ2) is 9.40. The topological polar surface area (TPSA) is 52.7 Å². The van der Waals surface area contributed by atoms with Gasteiger partial charge < -0.3 is 15.1 Å². The fourth-order valence-corrected chi connectivity index (χ4v) is 3.70. The van der Waals surface area contributed by atoms with Gasteiger partial charge in [0.25, 0.3) is 11.8 Å². The van der Waals surface area contributed by atoms with Crippen molar-refractivity contribution in [2.24, 2.45) is 0 Å². The van der Waals surface area contributed by atoms with Gasteiger partial charge in [0.15, 0.2) is 0 Å². The van der Waals surface area contributed by atoms with Crippen molar-refractivity contribution in [3.8, 4) is 0 Å². The predicted molar refractivity (Wildman–Crippen MR) is 113 cm³/mol. The van der Waals surface area contributed by atoms with Crippen LogP contribution in [0.5, 0.6) is 0 Å². The summed E-state index contributed by atoms with van der Waals surface area (Å²) in [5.41, 5.74) is 2.44. The van der Waals surface area contributed by atoms with Crippen molar-refractivity contribution >= 4 is 17.5 Å². The highest BCUT2D eigenvalue weighted by Crippen LogP contribution is 2.25. The molecule has 2 aromatic rings. The summed E-state index contributed by atoms with van der Waals surface area (Å²) < 4.78 is 0. The van der Waals surface area contributed by atoms with Gasteiger partial charge in [-0.15, -0.1) is 0 Å². The van der Waals surface area contributed by atoms with Gasteiger partial charge in [-0.3, -0.25) is 9.59 Å². The van der Waals surface area contributed by atoms with Crippen molar-refractivity contribution in [1.29, 1.82) is 0 Å². The summed E-state index contributed by atoms with van der Waals surface area (Å²) in [5.74, 6) is 0.0489. The third kappa shape index (κ3) is 4.71. The maximum atomic E-state index is 12.8. The lowest BCUT2D eigenvalue weighted by molar-refractivity contribution is 0.0795. The van der Waals surface area contributed by atoms with E-state index >= 15 is 0 Å². The Balaban J connectivity index is 1.62. The number of para-hydroxylation sites is 1. The van der Waals surface area contributed by atoms with Crippen LogP contribution in [0.15, 0.2) is 54.6 Å². The molecular formula is C23H29N3O2. The van der Waals surface area contributed by atoms with Crippen molar-refractivity contribution in [2.45, 2.75) is 32.2 Å². The molecule has 0 unspecified atom stereocenters. The summed E-state index contributed by atoms with van der Waals surface area (Å²) in [6, 6.07) is 17.3. The zero-order chi connectivity index (χ0) is 19.9. The maximum Gasteiger partial charge on any atom is 0.255 e. The first kappa shape index (κ1) is 19.9. The number of carbonyl (C=O) groups is 2. The van der Waals surface area contributed by atoms with Gasteiger partial charge in [-0.25, -0.2) is 0 Å². The zero-order valence-corrected chi connectivity index (χ0v) is 16.7. The summed E-state index contributed by atoms with van der Waals surface area (Å²) >= 11 is 0. The average Bonchev–Trinajstić information content (AvgIpc) is 2.74. The fourth-order valence-electron chi connectivity index (χ4n) is 3.70. The van der Waals surface area contributed by atoms with E-state index < -0.39 is 0 Å². The molecular weight excluding hydrogens is 350 g/mol.